The largest absolute Gasteiger partial charge is 0.349 e. The Hall–Kier alpha value is -2.63. The van der Waals surface area contributed by atoms with Crippen LogP contribution in [0.25, 0.3) is 11.4 Å². The first kappa shape index (κ1) is 16.2. The number of nitrogens with one attached hydrogen (secondary N) is 1. The van der Waals surface area contributed by atoms with Gasteiger partial charge in [0.15, 0.2) is 0 Å². The molecule has 1 aromatic heterocycles. The SMILES string of the molecule is CC(=O)N1CCC(NC(=O)c2ccc(-c3nccn3C)cc2)CC1. The Labute approximate surface area is 141 Å². The van der Waals surface area contributed by atoms with Gasteiger partial charge in [0.2, 0.25) is 5.91 Å². The lowest BCUT2D eigenvalue weighted by Gasteiger charge is -2.31. The van der Waals surface area contributed by atoms with E-state index in [9.17, 15) is 9.59 Å². The lowest BCUT2D eigenvalue weighted by Crippen LogP contribution is -2.45. The van der Waals surface area contributed by atoms with E-state index < -0.39 is 0 Å². The van der Waals surface area contributed by atoms with Gasteiger partial charge in [-0.25, -0.2) is 4.98 Å². The molecule has 1 saturated heterocycles. The van der Waals surface area contributed by atoms with E-state index in [4.69, 9.17) is 0 Å². The maximum absolute atomic E-state index is 12.4. The Morgan fingerprint density at radius 2 is 1.83 bits per heavy atom. The third kappa shape index (κ3) is 3.48. The molecule has 2 heterocycles. The van der Waals surface area contributed by atoms with Crippen molar-refractivity contribution in [2.75, 3.05) is 13.1 Å². The summed E-state index contributed by atoms with van der Waals surface area (Å²) in [6, 6.07) is 7.60. The molecule has 3 rings (SSSR count). The van der Waals surface area contributed by atoms with E-state index in [1.807, 2.05) is 47.0 Å². The number of benzene rings is 1. The van der Waals surface area contributed by atoms with Gasteiger partial charge in [-0.1, -0.05) is 12.1 Å². The van der Waals surface area contributed by atoms with Gasteiger partial charge in [0.1, 0.15) is 5.82 Å². The topological polar surface area (TPSA) is 67.2 Å². The van der Waals surface area contributed by atoms with Crippen molar-refractivity contribution in [3.63, 3.8) is 0 Å². The number of aryl methyl sites for hydroxylation is 1. The quantitative estimate of drug-likeness (QED) is 0.936. The molecule has 1 aliphatic rings. The average Bonchev–Trinajstić information content (AvgIpc) is 3.01. The number of imidazole rings is 1. The molecular weight excluding hydrogens is 304 g/mol. The maximum atomic E-state index is 12.4. The fourth-order valence-corrected chi connectivity index (χ4v) is 3.02. The highest BCUT2D eigenvalue weighted by atomic mass is 16.2. The molecule has 0 bridgehead atoms. The van der Waals surface area contributed by atoms with Gasteiger partial charge >= 0.3 is 0 Å². The zero-order valence-corrected chi connectivity index (χ0v) is 14.0. The van der Waals surface area contributed by atoms with E-state index in [0.717, 1.165) is 24.2 Å². The van der Waals surface area contributed by atoms with E-state index in [2.05, 4.69) is 10.3 Å². The first-order valence-electron chi connectivity index (χ1n) is 8.19. The summed E-state index contributed by atoms with van der Waals surface area (Å²) in [7, 11) is 1.94. The van der Waals surface area contributed by atoms with Crippen LogP contribution in [0.15, 0.2) is 36.7 Å². The second kappa shape index (κ2) is 6.86. The first-order valence-corrected chi connectivity index (χ1v) is 8.19. The summed E-state index contributed by atoms with van der Waals surface area (Å²) in [6.45, 7) is 3.00. The number of carbonyl (C=O) groups is 2. The highest BCUT2D eigenvalue weighted by Crippen LogP contribution is 2.17. The van der Waals surface area contributed by atoms with E-state index in [0.29, 0.717) is 18.7 Å². The highest BCUT2D eigenvalue weighted by Gasteiger charge is 2.22. The predicted molar refractivity (Wildman–Crippen MR) is 91.4 cm³/mol. The second-order valence-corrected chi connectivity index (χ2v) is 6.19. The molecular formula is C18H22N4O2. The number of carbonyl (C=O) groups excluding carboxylic acids is 2. The average molecular weight is 326 g/mol. The Balaban J connectivity index is 1.60. The van der Waals surface area contributed by atoms with Crippen LogP contribution in [-0.4, -0.2) is 45.4 Å². The van der Waals surface area contributed by atoms with Crippen LogP contribution in [0.5, 0.6) is 0 Å². The zero-order chi connectivity index (χ0) is 17.1. The van der Waals surface area contributed by atoms with Crippen molar-refractivity contribution in [2.45, 2.75) is 25.8 Å². The number of nitrogens with zero attached hydrogens (tertiary/aromatic N) is 3. The number of piperidine rings is 1. The maximum Gasteiger partial charge on any atom is 0.251 e. The fraction of sp³-hybridized carbons (Fsp3) is 0.389. The lowest BCUT2D eigenvalue weighted by molar-refractivity contribution is -0.129. The summed E-state index contributed by atoms with van der Waals surface area (Å²) in [5.74, 6) is 0.908. The number of rotatable bonds is 3. The minimum atomic E-state index is -0.0670. The van der Waals surface area contributed by atoms with Crippen molar-refractivity contribution in [3.05, 3.63) is 42.2 Å². The molecule has 126 valence electrons. The molecule has 2 aromatic rings. The Morgan fingerprint density at radius 3 is 2.38 bits per heavy atom. The van der Waals surface area contributed by atoms with Crippen LogP contribution >= 0.6 is 0 Å². The standard InChI is InChI=1S/C18H22N4O2/c1-13(23)22-10-7-16(8-11-22)20-18(24)15-5-3-14(4-6-15)17-19-9-12-21(17)2/h3-6,9,12,16H,7-8,10-11H2,1-2H3,(H,20,24). The van der Waals surface area contributed by atoms with Crippen LogP contribution in [-0.2, 0) is 11.8 Å². The van der Waals surface area contributed by atoms with Gasteiger partial charge in [-0.2, -0.15) is 0 Å². The number of aromatic nitrogens is 2. The highest BCUT2D eigenvalue weighted by molar-refractivity contribution is 5.94. The number of amides is 2. The zero-order valence-electron chi connectivity index (χ0n) is 14.0. The van der Waals surface area contributed by atoms with Crippen molar-refractivity contribution >= 4 is 11.8 Å². The summed E-state index contributed by atoms with van der Waals surface area (Å²) >= 11 is 0. The Bertz CT molecular complexity index is 728. The van der Waals surface area contributed by atoms with Gasteiger partial charge in [-0.05, 0) is 25.0 Å². The van der Waals surface area contributed by atoms with E-state index >= 15 is 0 Å². The van der Waals surface area contributed by atoms with Crippen LogP contribution in [0.3, 0.4) is 0 Å². The van der Waals surface area contributed by atoms with E-state index in [1.165, 1.54) is 0 Å². The molecule has 1 aromatic carbocycles. The van der Waals surface area contributed by atoms with Crippen LogP contribution < -0.4 is 5.32 Å². The minimum Gasteiger partial charge on any atom is -0.349 e. The molecule has 6 nitrogen and oxygen atoms in total. The summed E-state index contributed by atoms with van der Waals surface area (Å²) < 4.78 is 1.94. The Kier molecular flexibility index (Phi) is 4.64. The monoisotopic (exact) mass is 326 g/mol. The molecule has 24 heavy (non-hydrogen) atoms. The third-order valence-corrected chi connectivity index (χ3v) is 4.50. The molecule has 0 atom stereocenters. The third-order valence-electron chi connectivity index (χ3n) is 4.50. The van der Waals surface area contributed by atoms with Crippen LogP contribution in [0, 0.1) is 0 Å². The van der Waals surface area contributed by atoms with Crippen LogP contribution in [0.2, 0.25) is 0 Å². The van der Waals surface area contributed by atoms with Gasteiger partial charge in [0, 0.05) is 56.6 Å². The van der Waals surface area contributed by atoms with Crippen molar-refractivity contribution in [1.82, 2.24) is 19.8 Å². The molecule has 1 fully saturated rings. The predicted octanol–water partition coefficient (Wildman–Crippen LogP) is 1.83. The molecule has 0 saturated carbocycles. The lowest BCUT2D eigenvalue weighted by atomic mass is 10.0. The van der Waals surface area contributed by atoms with Gasteiger partial charge in [0.25, 0.3) is 5.91 Å². The minimum absolute atomic E-state index is 0.0670. The number of hydrogen-bond acceptors (Lipinski definition) is 3. The molecule has 6 heteroatoms. The van der Waals surface area contributed by atoms with Gasteiger partial charge in [-0.3, -0.25) is 9.59 Å². The normalized spacial score (nSPS) is 15.3. The molecule has 1 aliphatic heterocycles. The summed E-state index contributed by atoms with van der Waals surface area (Å²) in [5.41, 5.74) is 1.62. The second-order valence-electron chi connectivity index (χ2n) is 6.19. The molecule has 0 spiro atoms. The van der Waals surface area contributed by atoms with Crippen molar-refractivity contribution in [3.8, 4) is 11.4 Å². The smallest absolute Gasteiger partial charge is 0.251 e. The van der Waals surface area contributed by atoms with Gasteiger partial charge in [0.05, 0.1) is 0 Å². The summed E-state index contributed by atoms with van der Waals surface area (Å²) in [5, 5.41) is 3.06. The summed E-state index contributed by atoms with van der Waals surface area (Å²) in [6.07, 6.45) is 5.25. The Morgan fingerprint density at radius 1 is 1.17 bits per heavy atom. The molecule has 1 N–H and O–H groups in total. The molecule has 0 aliphatic carbocycles. The van der Waals surface area contributed by atoms with E-state index in [-0.39, 0.29) is 17.9 Å². The summed E-state index contributed by atoms with van der Waals surface area (Å²) in [4.78, 5) is 29.8. The van der Waals surface area contributed by atoms with Crippen molar-refractivity contribution in [1.29, 1.82) is 0 Å². The van der Waals surface area contributed by atoms with Crippen molar-refractivity contribution in [2.24, 2.45) is 7.05 Å². The number of likely N-dealkylation sites (tertiary alicyclic amines) is 1. The first-order chi connectivity index (χ1) is 11.5. The van der Waals surface area contributed by atoms with Gasteiger partial charge in [-0.15, -0.1) is 0 Å². The number of hydrogen-bond donors (Lipinski definition) is 1. The van der Waals surface area contributed by atoms with E-state index in [1.54, 1.807) is 13.1 Å². The van der Waals surface area contributed by atoms with Crippen molar-refractivity contribution < 1.29 is 9.59 Å². The molecule has 2 amide bonds. The molecule has 0 radical (unpaired) electrons. The van der Waals surface area contributed by atoms with Crippen LogP contribution in [0.1, 0.15) is 30.1 Å². The van der Waals surface area contributed by atoms with Gasteiger partial charge < -0.3 is 14.8 Å². The van der Waals surface area contributed by atoms with Crippen LogP contribution in [0.4, 0.5) is 0 Å². The molecule has 0 unspecified atom stereocenters. The fourth-order valence-electron chi connectivity index (χ4n) is 3.02.